The van der Waals surface area contributed by atoms with Crippen molar-refractivity contribution in [2.45, 2.75) is 12.8 Å². The van der Waals surface area contributed by atoms with Gasteiger partial charge in [-0.05, 0) is 78.6 Å². The summed E-state index contributed by atoms with van der Waals surface area (Å²) in [5.74, 6) is 1.85. The quantitative estimate of drug-likeness (QED) is 0.178. The van der Waals surface area contributed by atoms with Crippen molar-refractivity contribution in [2.75, 3.05) is 0 Å². The van der Waals surface area contributed by atoms with Crippen molar-refractivity contribution in [3.63, 3.8) is 0 Å². The van der Waals surface area contributed by atoms with Gasteiger partial charge in [-0.25, -0.2) is 19.2 Å². The maximum atomic E-state index is 14.4. The molecule has 0 fully saturated rings. The molecule has 0 radical (unpaired) electrons. The van der Waals surface area contributed by atoms with Crippen LogP contribution in [0.2, 0.25) is 0 Å². The third kappa shape index (κ3) is 4.95. The van der Waals surface area contributed by atoms with Crippen LogP contribution in [0, 0.1) is 0 Å². The molecule has 6 aromatic carbocycles. The zero-order valence-electron chi connectivity index (χ0n) is 29.5. The van der Waals surface area contributed by atoms with Crippen LogP contribution in [0.1, 0.15) is 18.7 Å². The van der Waals surface area contributed by atoms with Crippen molar-refractivity contribution in [3.05, 3.63) is 180 Å². The lowest BCUT2D eigenvalue weighted by Crippen LogP contribution is -2.25. The second-order valence-electron chi connectivity index (χ2n) is 13.8. The molecule has 4 aromatic heterocycles. The number of rotatable bonds is 5. The molecule has 0 N–H and O–H groups in total. The largest absolute Gasteiger partial charge is 0.339 e. The Morgan fingerprint density at radius 2 is 1.16 bits per heavy atom. The first-order valence-corrected chi connectivity index (χ1v) is 18.4. The number of fused-ring (bicyclic) bond motifs is 8. The molecule has 0 saturated heterocycles. The minimum Gasteiger partial charge on any atom is -0.278 e. The first kappa shape index (κ1) is 31.1. The maximum Gasteiger partial charge on any atom is 0.339 e. The minimum atomic E-state index is -0.163. The zero-order valence-corrected chi connectivity index (χ0v) is 29.5. The van der Waals surface area contributed by atoms with E-state index < -0.39 is 0 Å². The fourth-order valence-corrected chi connectivity index (χ4v) is 7.97. The van der Waals surface area contributed by atoms with Crippen molar-refractivity contribution in [1.82, 2.24) is 33.5 Å². The Bertz CT molecular complexity index is 3280. The SMILES string of the molecule is O=c1n(-c2ccccc2)c2ccccc2c2nc3ccc(-c4ccc5c(c4)c4ccccc4n5-c4nc(C5=CCCC=C5)nc(-c5ccccc5)n4)cc3n12. The second kappa shape index (κ2) is 12.3. The molecular formula is C47H31N7O. The van der Waals surface area contributed by atoms with Gasteiger partial charge in [0.1, 0.15) is 0 Å². The van der Waals surface area contributed by atoms with Crippen LogP contribution in [-0.4, -0.2) is 33.5 Å². The van der Waals surface area contributed by atoms with E-state index in [2.05, 4.69) is 77.4 Å². The number of imidazole rings is 1. The lowest BCUT2D eigenvalue weighted by atomic mass is 10.0. The molecule has 1 aliphatic rings. The van der Waals surface area contributed by atoms with Crippen LogP contribution in [0.5, 0.6) is 0 Å². The molecule has 1 aliphatic carbocycles. The van der Waals surface area contributed by atoms with Crippen molar-refractivity contribution in [2.24, 2.45) is 0 Å². The van der Waals surface area contributed by atoms with E-state index in [-0.39, 0.29) is 5.69 Å². The van der Waals surface area contributed by atoms with Gasteiger partial charge in [0.25, 0.3) is 0 Å². The molecule has 0 bridgehead atoms. The first-order valence-electron chi connectivity index (χ1n) is 18.4. The molecule has 10 aromatic rings. The molecule has 8 heteroatoms. The molecule has 4 heterocycles. The van der Waals surface area contributed by atoms with Crippen molar-refractivity contribution < 1.29 is 0 Å². The fraction of sp³-hybridized carbons (Fsp3) is 0.0426. The van der Waals surface area contributed by atoms with Crippen LogP contribution < -0.4 is 5.69 Å². The molecule has 0 spiro atoms. The van der Waals surface area contributed by atoms with Gasteiger partial charge in [-0.1, -0.05) is 109 Å². The lowest BCUT2D eigenvalue weighted by molar-refractivity contribution is 0.927. The number of benzene rings is 6. The second-order valence-corrected chi connectivity index (χ2v) is 13.8. The van der Waals surface area contributed by atoms with Crippen LogP contribution in [-0.2, 0) is 0 Å². The Morgan fingerprint density at radius 1 is 0.491 bits per heavy atom. The van der Waals surface area contributed by atoms with Gasteiger partial charge < -0.3 is 0 Å². The highest BCUT2D eigenvalue weighted by molar-refractivity contribution is 6.10. The molecule has 0 saturated carbocycles. The Hall–Kier alpha value is -7.45. The van der Waals surface area contributed by atoms with E-state index in [0.29, 0.717) is 23.2 Å². The monoisotopic (exact) mass is 709 g/mol. The number of hydrogen-bond acceptors (Lipinski definition) is 5. The smallest absolute Gasteiger partial charge is 0.278 e. The molecule has 0 amide bonds. The van der Waals surface area contributed by atoms with Gasteiger partial charge >= 0.3 is 5.69 Å². The average Bonchev–Trinajstić information content (AvgIpc) is 3.81. The highest BCUT2D eigenvalue weighted by Crippen LogP contribution is 2.36. The van der Waals surface area contributed by atoms with E-state index in [4.69, 9.17) is 19.9 Å². The topological polar surface area (TPSA) is 82.9 Å². The molecule has 55 heavy (non-hydrogen) atoms. The van der Waals surface area contributed by atoms with E-state index in [1.165, 1.54) is 0 Å². The summed E-state index contributed by atoms with van der Waals surface area (Å²) >= 11 is 0. The third-order valence-corrected chi connectivity index (χ3v) is 10.6. The predicted molar refractivity (Wildman–Crippen MR) is 221 cm³/mol. The number of allylic oxidation sites excluding steroid dienone is 4. The summed E-state index contributed by atoms with van der Waals surface area (Å²) in [6.07, 6.45) is 8.44. The molecule has 0 aliphatic heterocycles. The Balaban J connectivity index is 1.11. The zero-order chi connectivity index (χ0) is 36.5. The summed E-state index contributed by atoms with van der Waals surface area (Å²) in [4.78, 5) is 34.6. The summed E-state index contributed by atoms with van der Waals surface area (Å²) in [7, 11) is 0. The van der Waals surface area contributed by atoms with Crippen LogP contribution in [0.3, 0.4) is 0 Å². The van der Waals surface area contributed by atoms with Crippen molar-refractivity contribution in [3.8, 4) is 34.2 Å². The number of nitrogens with zero attached hydrogens (tertiary/aromatic N) is 7. The molecular weight excluding hydrogens is 679 g/mol. The standard InChI is InChI=1S/C47H31N7O/c55-47-52(34-18-8-3-9-19-34)40-23-13-11-21-36(40)45-48-38-26-24-33(29-42(38)54(45)47)32-25-27-41-37(28-32)35-20-10-12-22-39(35)53(41)46-50-43(30-14-4-1-5-15-30)49-44(51-46)31-16-6-2-7-17-31/h1,3-6,8-29H,2,7H2. The first-order chi connectivity index (χ1) is 27.2. The number of hydrogen-bond donors (Lipinski definition) is 0. The van der Waals surface area contributed by atoms with Crippen molar-refractivity contribution in [1.29, 1.82) is 0 Å². The van der Waals surface area contributed by atoms with Gasteiger partial charge in [0, 0.05) is 27.3 Å². The molecule has 8 nitrogen and oxygen atoms in total. The molecule has 0 unspecified atom stereocenters. The van der Waals surface area contributed by atoms with E-state index >= 15 is 0 Å². The van der Waals surface area contributed by atoms with Gasteiger partial charge in [-0.15, -0.1) is 0 Å². The highest BCUT2D eigenvalue weighted by atomic mass is 16.1. The van der Waals surface area contributed by atoms with E-state index in [1.54, 1.807) is 8.97 Å². The number of para-hydroxylation sites is 3. The fourth-order valence-electron chi connectivity index (χ4n) is 7.97. The normalized spacial score (nSPS) is 13.1. The van der Waals surface area contributed by atoms with Crippen LogP contribution in [0.4, 0.5) is 0 Å². The summed E-state index contributed by atoms with van der Waals surface area (Å²) in [5, 5.41) is 3.07. The average molecular weight is 710 g/mol. The molecule has 0 atom stereocenters. The summed E-state index contributed by atoms with van der Waals surface area (Å²) < 4.78 is 5.66. The Kier molecular flexibility index (Phi) is 6.97. The Morgan fingerprint density at radius 3 is 1.96 bits per heavy atom. The Labute approximate surface area is 314 Å². The van der Waals surface area contributed by atoms with Crippen LogP contribution in [0.25, 0.3) is 89.1 Å². The summed E-state index contributed by atoms with van der Waals surface area (Å²) in [5.41, 5.74) is 9.55. The van der Waals surface area contributed by atoms with Crippen LogP contribution >= 0.6 is 0 Å². The van der Waals surface area contributed by atoms with E-state index in [0.717, 1.165) is 84.5 Å². The van der Waals surface area contributed by atoms with E-state index in [1.807, 2.05) is 91.0 Å². The van der Waals surface area contributed by atoms with Crippen LogP contribution in [0.15, 0.2) is 169 Å². The molecule has 260 valence electrons. The van der Waals surface area contributed by atoms with Gasteiger partial charge in [0.15, 0.2) is 17.3 Å². The predicted octanol–water partition coefficient (Wildman–Crippen LogP) is 10.1. The van der Waals surface area contributed by atoms with Gasteiger partial charge in [-0.3, -0.25) is 9.13 Å². The lowest BCUT2D eigenvalue weighted by Gasteiger charge is -2.12. The summed E-state index contributed by atoms with van der Waals surface area (Å²) in [6.45, 7) is 0. The van der Waals surface area contributed by atoms with Gasteiger partial charge in [-0.2, -0.15) is 9.97 Å². The van der Waals surface area contributed by atoms with E-state index in [9.17, 15) is 4.79 Å². The third-order valence-electron chi connectivity index (χ3n) is 10.6. The van der Waals surface area contributed by atoms with Gasteiger partial charge in [0.05, 0.1) is 33.3 Å². The minimum absolute atomic E-state index is 0.163. The number of aromatic nitrogens is 7. The van der Waals surface area contributed by atoms with Gasteiger partial charge in [0.2, 0.25) is 5.95 Å². The van der Waals surface area contributed by atoms with Crippen molar-refractivity contribution >= 4 is 55.0 Å². The molecule has 11 rings (SSSR count). The maximum absolute atomic E-state index is 14.4. The highest BCUT2D eigenvalue weighted by Gasteiger charge is 2.20. The summed E-state index contributed by atoms with van der Waals surface area (Å²) in [6, 6.07) is 48.9.